The van der Waals surface area contributed by atoms with Crippen LogP contribution in [0.1, 0.15) is 51.7 Å². The van der Waals surface area contributed by atoms with Gasteiger partial charge in [-0.15, -0.1) is 0 Å². The Morgan fingerprint density at radius 3 is 1.23 bits per heavy atom. The minimum Gasteiger partial charge on any atom is -0.291 e. The Kier molecular flexibility index (Phi) is 10.2. The highest BCUT2D eigenvalue weighted by Gasteiger charge is 2.70. The average Bonchev–Trinajstić information content (AvgIpc) is 3.61. The number of hydrogen-bond acceptors (Lipinski definition) is 4. The van der Waals surface area contributed by atoms with Crippen LogP contribution in [0.3, 0.4) is 0 Å². The van der Waals surface area contributed by atoms with Gasteiger partial charge in [0, 0.05) is 48.6 Å². The molecule has 2 aliphatic heterocycles. The third-order valence-electron chi connectivity index (χ3n) is 9.04. The van der Waals surface area contributed by atoms with Gasteiger partial charge in [0.15, 0.2) is 0 Å². The van der Waals surface area contributed by atoms with E-state index in [0.29, 0.717) is 0 Å². The van der Waals surface area contributed by atoms with Crippen LogP contribution in [0, 0.1) is 23.5 Å². The SMILES string of the molecule is C.C.FC[C@@]12CC(F)(F)C[C@@H]1[C@@](CF)(c1ccccc1F)NO2.FC[C@]12CC(F)(F)C[C@H]1[C@](CF)(c1ccccc1F)NO2. The van der Waals surface area contributed by atoms with Crippen LogP contribution >= 0.6 is 0 Å². The normalized spacial score (nSPS) is 36.0. The standard InChI is InChI=1S/2C14H14F5NO.2CH4/c2*15-7-12-6-13(18,19)5-11(12)14(8-16,20-21-12)9-3-1-2-4-10(9)17;;/h2*1-4,11,20H,5-8H2;2*1H4/t2*11-,12-,14+;;/m10../s1. The zero-order valence-corrected chi connectivity index (χ0v) is 22.0. The first kappa shape index (κ1) is 36.1. The lowest BCUT2D eigenvalue weighted by atomic mass is 9.73. The lowest BCUT2D eigenvalue weighted by molar-refractivity contribution is -0.110. The summed E-state index contributed by atoms with van der Waals surface area (Å²) in [6.07, 6.45) is -3.18. The molecule has 2 N–H and O–H groups in total. The summed E-state index contributed by atoms with van der Waals surface area (Å²) in [6.45, 7) is -4.71. The van der Waals surface area contributed by atoms with Gasteiger partial charge in [-0.3, -0.25) is 9.68 Å². The summed E-state index contributed by atoms with van der Waals surface area (Å²) in [7, 11) is 0. The number of rotatable bonds is 6. The van der Waals surface area contributed by atoms with E-state index in [9.17, 15) is 43.9 Å². The fourth-order valence-electron chi connectivity index (χ4n) is 7.08. The molecule has 2 aromatic rings. The van der Waals surface area contributed by atoms with Crippen molar-refractivity contribution in [2.45, 2.75) is 74.7 Å². The Balaban J connectivity index is 0.000000230. The molecule has 0 amide bonds. The van der Waals surface area contributed by atoms with Crippen molar-refractivity contribution < 1.29 is 53.6 Å². The predicted octanol–water partition coefficient (Wildman–Crippen LogP) is 7.83. The molecular weight excluding hydrogens is 610 g/mol. The van der Waals surface area contributed by atoms with E-state index in [1.807, 2.05) is 0 Å². The zero-order chi connectivity index (χ0) is 30.6. The van der Waals surface area contributed by atoms with Crippen molar-refractivity contribution in [3.8, 4) is 0 Å². The number of nitrogens with one attached hydrogen (secondary N) is 2. The second-order valence-corrected chi connectivity index (χ2v) is 11.6. The second-order valence-electron chi connectivity index (χ2n) is 11.6. The first-order chi connectivity index (χ1) is 19.8. The van der Waals surface area contributed by atoms with Gasteiger partial charge in [-0.05, 0) is 12.1 Å². The van der Waals surface area contributed by atoms with Crippen LogP contribution in [-0.4, -0.2) is 49.7 Å². The molecular formula is C30H36F10N2O2. The fraction of sp³-hybridized carbons (Fsp3) is 0.600. The molecule has 2 saturated heterocycles. The molecule has 0 spiro atoms. The zero-order valence-electron chi connectivity index (χ0n) is 22.0. The fourth-order valence-corrected chi connectivity index (χ4v) is 7.08. The van der Waals surface area contributed by atoms with E-state index >= 15 is 0 Å². The van der Waals surface area contributed by atoms with Gasteiger partial charge in [-0.2, -0.15) is 11.0 Å². The summed E-state index contributed by atoms with van der Waals surface area (Å²) in [6, 6.07) is 10.6. The lowest BCUT2D eigenvalue weighted by Gasteiger charge is -2.32. The van der Waals surface area contributed by atoms with E-state index in [0.717, 1.165) is 12.1 Å². The molecule has 0 radical (unpaired) electrons. The van der Waals surface area contributed by atoms with Crippen molar-refractivity contribution >= 4 is 0 Å². The molecule has 2 aliphatic carbocycles. The van der Waals surface area contributed by atoms with Crippen molar-refractivity contribution in [1.82, 2.24) is 11.0 Å². The van der Waals surface area contributed by atoms with Crippen molar-refractivity contribution in [3.05, 3.63) is 71.3 Å². The van der Waals surface area contributed by atoms with Crippen LogP contribution in [0.5, 0.6) is 0 Å². The van der Waals surface area contributed by atoms with Crippen molar-refractivity contribution in [1.29, 1.82) is 0 Å². The molecule has 0 aromatic heterocycles. The molecule has 2 saturated carbocycles. The molecule has 0 unspecified atom stereocenters. The number of alkyl halides is 8. The summed E-state index contributed by atoms with van der Waals surface area (Å²) in [5.41, 5.74) is -2.83. The third kappa shape index (κ3) is 5.49. The van der Waals surface area contributed by atoms with Crippen LogP contribution in [-0.2, 0) is 20.8 Å². The van der Waals surface area contributed by atoms with E-state index in [1.54, 1.807) is 0 Å². The average molecular weight is 647 g/mol. The summed E-state index contributed by atoms with van der Waals surface area (Å²) in [5.74, 6) is -10.2. The summed E-state index contributed by atoms with van der Waals surface area (Å²) in [4.78, 5) is 10.1. The topological polar surface area (TPSA) is 42.5 Å². The van der Waals surface area contributed by atoms with E-state index < -0.39 is 110 Å². The molecule has 44 heavy (non-hydrogen) atoms. The molecule has 4 aliphatic rings. The van der Waals surface area contributed by atoms with Gasteiger partial charge >= 0.3 is 0 Å². The highest BCUT2D eigenvalue weighted by molar-refractivity contribution is 5.33. The number of halogens is 10. The van der Waals surface area contributed by atoms with Crippen LogP contribution < -0.4 is 11.0 Å². The molecule has 0 bridgehead atoms. The van der Waals surface area contributed by atoms with Gasteiger partial charge in [-0.25, -0.2) is 43.9 Å². The molecule has 4 fully saturated rings. The van der Waals surface area contributed by atoms with E-state index in [4.69, 9.17) is 9.68 Å². The third-order valence-corrected chi connectivity index (χ3v) is 9.04. The second kappa shape index (κ2) is 12.4. The maximum Gasteiger partial charge on any atom is 0.251 e. The molecule has 248 valence electrons. The molecule has 2 heterocycles. The lowest BCUT2D eigenvalue weighted by Crippen LogP contribution is -2.46. The largest absolute Gasteiger partial charge is 0.291 e. The van der Waals surface area contributed by atoms with Crippen molar-refractivity contribution in [2.24, 2.45) is 11.8 Å². The van der Waals surface area contributed by atoms with E-state index in [1.165, 1.54) is 36.4 Å². The quantitative estimate of drug-likeness (QED) is 0.314. The van der Waals surface area contributed by atoms with Gasteiger partial charge in [0.2, 0.25) is 0 Å². The molecule has 14 heteroatoms. The van der Waals surface area contributed by atoms with Gasteiger partial charge in [0.1, 0.15) is 60.6 Å². The Morgan fingerprint density at radius 2 is 0.932 bits per heavy atom. The van der Waals surface area contributed by atoms with E-state index in [-0.39, 0.29) is 26.0 Å². The minimum atomic E-state index is -3.16. The molecule has 4 nitrogen and oxygen atoms in total. The van der Waals surface area contributed by atoms with Gasteiger partial charge in [-0.1, -0.05) is 51.3 Å². The summed E-state index contributed by atoms with van der Waals surface area (Å²) >= 11 is 0. The Labute approximate surface area is 249 Å². The number of benzene rings is 2. The van der Waals surface area contributed by atoms with Gasteiger partial charge in [0.05, 0.1) is 0 Å². The van der Waals surface area contributed by atoms with Crippen LogP contribution in [0.15, 0.2) is 48.5 Å². The Hall–Kier alpha value is -2.42. The van der Waals surface area contributed by atoms with Crippen LogP contribution in [0.25, 0.3) is 0 Å². The Bertz CT molecular complexity index is 1210. The van der Waals surface area contributed by atoms with Crippen molar-refractivity contribution in [3.63, 3.8) is 0 Å². The van der Waals surface area contributed by atoms with Crippen molar-refractivity contribution in [2.75, 3.05) is 26.7 Å². The highest BCUT2D eigenvalue weighted by Crippen LogP contribution is 2.59. The summed E-state index contributed by atoms with van der Waals surface area (Å²) < 4.78 is 137. The maximum absolute atomic E-state index is 14.0. The van der Waals surface area contributed by atoms with Gasteiger partial charge in [0.25, 0.3) is 11.8 Å². The minimum absolute atomic E-state index is 0. The summed E-state index contributed by atoms with van der Waals surface area (Å²) in [5, 5.41) is 0. The van der Waals surface area contributed by atoms with Crippen LogP contribution in [0.4, 0.5) is 43.9 Å². The van der Waals surface area contributed by atoms with E-state index in [2.05, 4.69) is 11.0 Å². The number of fused-ring (bicyclic) bond motifs is 2. The predicted molar refractivity (Wildman–Crippen MR) is 143 cm³/mol. The Morgan fingerprint density at radius 1 is 0.591 bits per heavy atom. The maximum atomic E-state index is 14.0. The smallest absolute Gasteiger partial charge is 0.251 e. The monoisotopic (exact) mass is 646 g/mol. The highest BCUT2D eigenvalue weighted by atomic mass is 19.3. The molecule has 6 rings (SSSR count). The number of hydroxylamine groups is 2. The van der Waals surface area contributed by atoms with Gasteiger partial charge < -0.3 is 0 Å². The van der Waals surface area contributed by atoms with Crippen LogP contribution in [0.2, 0.25) is 0 Å². The molecule has 2 aromatic carbocycles. The first-order valence-electron chi connectivity index (χ1n) is 13.2. The first-order valence-corrected chi connectivity index (χ1v) is 13.2. The molecule has 6 atom stereocenters. The number of hydrogen-bond donors (Lipinski definition) is 2.